The van der Waals surface area contributed by atoms with Crippen LogP contribution in [0.15, 0.2) is 40.8 Å². The molecule has 152 valence electrons. The molecule has 4 saturated carbocycles. The van der Waals surface area contributed by atoms with E-state index in [9.17, 15) is 9.18 Å². The molecule has 0 aliphatic heterocycles. The maximum absolute atomic E-state index is 13.1. The van der Waals surface area contributed by atoms with Gasteiger partial charge in [0.25, 0.3) is 0 Å². The van der Waals surface area contributed by atoms with E-state index in [4.69, 9.17) is 20.8 Å². The maximum atomic E-state index is 13.1. The number of carbonyl (C=O) groups is 1. The van der Waals surface area contributed by atoms with E-state index in [1.807, 2.05) is 12.1 Å². The average Bonchev–Trinajstić information content (AvgIpc) is 3.12. The van der Waals surface area contributed by atoms with Gasteiger partial charge in [-0.1, -0.05) is 11.6 Å². The molecule has 0 unspecified atom stereocenters. The van der Waals surface area contributed by atoms with Crippen LogP contribution in [0.3, 0.4) is 0 Å². The smallest absolute Gasteiger partial charge is 0.161 e. The van der Waals surface area contributed by atoms with E-state index in [-0.39, 0.29) is 22.8 Å². The molecule has 3 nitrogen and oxygen atoms in total. The van der Waals surface area contributed by atoms with Gasteiger partial charge in [-0.25, -0.2) is 4.39 Å². The lowest BCUT2D eigenvalue weighted by atomic mass is 9.48. The summed E-state index contributed by atoms with van der Waals surface area (Å²) in [6, 6.07) is 7.64. The molecule has 4 fully saturated rings. The fourth-order valence-corrected chi connectivity index (χ4v) is 6.27. The topological polar surface area (TPSA) is 39.4 Å². The number of carbonyl (C=O) groups excluding carboxylic acids is 1. The van der Waals surface area contributed by atoms with Crippen LogP contribution in [0.2, 0.25) is 5.02 Å². The summed E-state index contributed by atoms with van der Waals surface area (Å²) in [5.41, 5.74) is -0.122. The predicted octanol–water partition coefficient (Wildman–Crippen LogP) is 6.45. The van der Waals surface area contributed by atoms with Crippen molar-refractivity contribution in [1.82, 2.24) is 0 Å². The highest BCUT2D eigenvalue weighted by Gasteiger charge is 2.53. The molecular formula is C24H24ClFO3. The molecule has 1 aromatic carbocycles. The van der Waals surface area contributed by atoms with Crippen molar-refractivity contribution in [2.45, 2.75) is 45.1 Å². The second kappa shape index (κ2) is 7.32. The van der Waals surface area contributed by atoms with Gasteiger partial charge in [0.1, 0.15) is 29.7 Å². The zero-order valence-corrected chi connectivity index (χ0v) is 17.0. The summed E-state index contributed by atoms with van der Waals surface area (Å²) in [7, 11) is 0. The van der Waals surface area contributed by atoms with E-state index in [0.717, 1.165) is 37.0 Å². The first-order valence-electron chi connectivity index (χ1n) is 10.4. The number of rotatable bonds is 6. The lowest BCUT2D eigenvalue weighted by Gasteiger charge is -2.55. The largest absolute Gasteiger partial charge is 0.484 e. The average molecular weight is 415 g/mol. The highest BCUT2D eigenvalue weighted by molar-refractivity contribution is 6.32. The zero-order valence-electron chi connectivity index (χ0n) is 16.2. The van der Waals surface area contributed by atoms with Crippen LogP contribution >= 0.6 is 11.6 Å². The highest BCUT2D eigenvalue weighted by Crippen LogP contribution is 2.60. The van der Waals surface area contributed by atoms with Gasteiger partial charge in [-0.05, 0) is 98.8 Å². The second-order valence-corrected chi connectivity index (χ2v) is 9.47. The van der Waals surface area contributed by atoms with Gasteiger partial charge in [0.05, 0.1) is 5.02 Å². The molecule has 4 aliphatic rings. The van der Waals surface area contributed by atoms with Crippen LogP contribution < -0.4 is 4.74 Å². The van der Waals surface area contributed by atoms with Crippen LogP contribution in [0, 0.1) is 29.0 Å². The van der Waals surface area contributed by atoms with Crippen molar-refractivity contribution in [1.29, 1.82) is 0 Å². The van der Waals surface area contributed by atoms with E-state index >= 15 is 0 Å². The lowest BCUT2D eigenvalue weighted by molar-refractivity contribution is -0.138. The van der Waals surface area contributed by atoms with Gasteiger partial charge in [0.15, 0.2) is 5.78 Å². The van der Waals surface area contributed by atoms with Crippen molar-refractivity contribution in [2.75, 3.05) is 0 Å². The fraction of sp³-hybridized carbons (Fsp3) is 0.458. The third-order valence-electron chi connectivity index (χ3n) is 6.91. The monoisotopic (exact) mass is 414 g/mol. The van der Waals surface area contributed by atoms with E-state index in [0.29, 0.717) is 17.3 Å². The minimum atomic E-state index is -0.406. The van der Waals surface area contributed by atoms with Crippen LogP contribution in [0.25, 0.3) is 6.08 Å². The summed E-state index contributed by atoms with van der Waals surface area (Å²) >= 11 is 5.97. The van der Waals surface area contributed by atoms with Crippen LogP contribution in [0.1, 0.15) is 50.0 Å². The second-order valence-electron chi connectivity index (χ2n) is 9.06. The van der Waals surface area contributed by atoms with Gasteiger partial charge in [0.2, 0.25) is 0 Å². The Morgan fingerprint density at radius 1 is 1.14 bits per heavy atom. The Hall–Kier alpha value is -2.07. The van der Waals surface area contributed by atoms with Crippen LogP contribution in [-0.4, -0.2) is 5.78 Å². The van der Waals surface area contributed by atoms with E-state index < -0.39 is 5.82 Å². The molecular weight excluding hydrogens is 391 g/mol. The number of allylic oxidation sites excluding steroid dienone is 1. The first kappa shape index (κ1) is 18.9. The number of halogens is 2. The third kappa shape index (κ3) is 3.75. The standard InChI is InChI=1S/C24H24ClFO3/c25-21-10-18(26)1-5-22(21)28-14-20-3-2-19(29-20)4-6-23(27)24-11-15-7-16(12-24)9-17(8-15)13-24/h1-6,10,15-17H,7-9,11-14H2/b6-4+. The Bertz CT molecular complexity index is 926. The normalized spacial score (nSPS) is 30.2. The van der Waals surface area contributed by atoms with Crippen molar-refractivity contribution in [3.8, 4) is 5.75 Å². The summed E-state index contributed by atoms with van der Waals surface area (Å²) in [6.45, 7) is 0.183. The Morgan fingerprint density at radius 2 is 1.83 bits per heavy atom. The molecule has 0 N–H and O–H groups in total. The molecule has 0 radical (unpaired) electrons. The Balaban J connectivity index is 1.22. The summed E-state index contributed by atoms with van der Waals surface area (Å²) in [5.74, 6) is 3.77. The molecule has 0 spiro atoms. The molecule has 2 aromatic rings. The maximum Gasteiger partial charge on any atom is 0.161 e. The van der Waals surface area contributed by atoms with Gasteiger partial charge < -0.3 is 9.15 Å². The molecule has 0 atom stereocenters. The number of hydrogen-bond donors (Lipinski definition) is 0. The zero-order chi connectivity index (χ0) is 20.0. The van der Waals surface area contributed by atoms with E-state index in [2.05, 4.69) is 0 Å². The van der Waals surface area contributed by atoms with Gasteiger partial charge >= 0.3 is 0 Å². The van der Waals surface area contributed by atoms with Gasteiger partial charge in [-0.3, -0.25) is 4.79 Å². The number of benzene rings is 1. The summed E-state index contributed by atoms with van der Waals surface area (Å²) in [6.07, 6.45) is 10.7. The highest BCUT2D eigenvalue weighted by atomic mass is 35.5. The van der Waals surface area contributed by atoms with Crippen LogP contribution in [0.5, 0.6) is 5.75 Å². The fourth-order valence-electron chi connectivity index (χ4n) is 6.05. The van der Waals surface area contributed by atoms with Crippen LogP contribution in [-0.2, 0) is 11.4 Å². The summed E-state index contributed by atoms with van der Waals surface area (Å²) in [4.78, 5) is 13.1. The summed E-state index contributed by atoms with van der Waals surface area (Å²) < 4.78 is 24.5. The Kier molecular flexibility index (Phi) is 4.78. The van der Waals surface area contributed by atoms with Crippen molar-refractivity contribution in [2.24, 2.45) is 23.2 Å². The Labute approximate surface area is 174 Å². The molecule has 1 heterocycles. The van der Waals surface area contributed by atoms with Crippen LogP contribution in [0.4, 0.5) is 4.39 Å². The predicted molar refractivity (Wildman–Crippen MR) is 109 cm³/mol. The minimum absolute atomic E-state index is 0.122. The quantitative estimate of drug-likeness (QED) is 0.510. The number of hydrogen-bond acceptors (Lipinski definition) is 3. The third-order valence-corrected chi connectivity index (χ3v) is 7.20. The molecule has 4 aliphatic carbocycles. The lowest BCUT2D eigenvalue weighted by Crippen LogP contribution is -2.49. The van der Waals surface area contributed by atoms with E-state index in [1.165, 1.54) is 37.5 Å². The first-order valence-corrected chi connectivity index (χ1v) is 10.8. The summed E-state index contributed by atoms with van der Waals surface area (Å²) in [5, 5.41) is 0.220. The number of furan rings is 1. The van der Waals surface area contributed by atoms with E-state index in [1.54, 1.807) is 12.2 Å². The van der Waals surface area contributed by atoms with Gasteiger partial charge in [0, 0.05) is 5.41 Å². The Morgan fingerprint density at radius 3 is 2.48 bits per heavy atom. The van der Waals surface area contributed by atoms with Crippen molar-refractivity contribution < 1.29 is 18.3 Å². The van der Waals surface area contributed by atoms with Gasteiger partial charge in [-0.15, -0.1) is 0 Å². The molecule has 0 saturated heterocycles. The molecule has 6 rings (SSSR count). The SMILES string of the molecule is O=C(/C=C/c1ccc(COc2ccc(F)cc2Cl)o1)C12CC3CC(CC(C3)C1)C2. The number of ether oxygens (including phenoxy) is 1. The van der Waals surface area contributed by atoms with Gasteiger partial charge in [-0.2, -0.15) is 0 Å². The first-order chi connectivity index (χ1) is 14.0. The number of ketones is 1. The molecule has 5 heteroatoms. The van der Waals surface area contributed by atoms with Crippen molar-refractivity contribution in [3.63, 3.8) is 0 Å². The van der Waals surface area contributed by atoms with Crippen molar-refractivity contribution in [3.05, 3.63) is 58.8 Å². The molecule has 29 heavy (non-hydrogen) atoms. The molecule has 4 bridgehead atoms. The molecule has 1 aromatic heterocycles. The van der Waals surface area contributed by atoms with Crippen molar-refractivity contribution >= 4 is 23.5 Å². The minimum Gasteiger partial charge on any atom is -0.484 e. The molecule has 0 amide bonds.